The largest absolute Gasteiger partial charge is 0.394 e. The van der Waals surface area contributed by atoms with Crippen LogP contribution < -0.4 is 0 Å². The highest BCUT2D eigenvalue weighted by molar-refractivity contribution is 5.26. The van der Waals surface area contributed by atoms with Gasteiger partial charge in [-0.3, -0.25) is 0 Å². The number of ether oxygens (including phenoxy) is 9. The molecule has 0 bridgehead atoms. The summed E-state index contributed by atoms with van der Waals surface area (Å²) in [5.74, 6) is -0.265. The zero-order valence-electron chi connectivity index (χ0n) is 42.7. The lowest BCUT2D eigenvalue weighted by molar-refractivity contribution is -0.393. The third-order valence-electron chi connectivity index (χ3n) is 19.5. The molecule has 3 saturated carbocycles. The fraction of sp³-hybridized carbons (Fsp3) is 0.961. The lowest BCUT2D eigenvalue weighted by atomic mass is 9.47. The Morgan fingerprint density at radius 3 is 1.85 bits per heavy atom. The van der Waals surface area contributed by atoms with Gasteiger partial charge in [0.05, 0.1) is 44.2 Å². The van der Waals surface area contributed by atoms with Crippen LogP contribution in [-0.2, 0) is 42.6 Å². The highest BCUT2D eigenvalue weighted by Gasteiger charge is 2.68. The maximum Gasteiger partial charge on any atom is 0.187 e. The van der Waals surface area contributed by atoms with Crippen molar-refractivity contribution in [2.24, 2.45) is 46.3 Å². The molecular formula is C51H84O22. The number of aliphatic hydroxyl groups excluding tert-OH is 12. The monoisotopic (exact) mass is 1050 g/mol. The molecule has 0 aromatic heterocycles. The smallest absolute Gasteiger partial charge is 0.187 e. The minimum Gasteiger partial charge on any atom is -0.394 e. The van der Waals surface area contributed by atoms with Crippen LogP contribution in [0, 0.1) is 46.3 Å². The average Bonchev–Trinajstić information content (AvgIpc) is 3.80. The van der Waals surface area contributed by atoms with Crippen molar-refractivity contribution < 1.29 is 109 Å². The van der Waals surface area contributed by atoms with Gasteiger partial charge in [-0.15, -0.1) is 0 Å². The Labute approximate surface area is 426 Å². The minimum atomic E-state index is -1.77. The lowest BCUT2D eigenvalue weighted by Gasteiger charge is -2.58. The Balaban J connectivity index is 0.860. The molecule has 13 N–H and O–H groups in total. The number of fused-ring (bicyclic) bond motifs is 7. The van der Waals surface area contributed by atoms with E-state index in [1.165, 1.54) is 19.4 Å². The van der Waals surface area contributed by atoms with Gasteiger partial charge in [-0.1, -0.05) is 39.3 Å². The van der Waals surface area contributed by atoms with Crippen LogP contribution in [0.1, 0.15) is 99.3 Å². The first-order valence-corrected chi connectivity index (χ1v) is 26.8. The Morgan fingerprint density at radius 2 is 1.22 bits per heavy atom. The molecule has 22 heteroatoms. The first-order chi connectivity index (χ1) is 34.5. The van der Waals surface area contributed by atoms with Crippen LogP contribution in [-0.4, -0.2) is 227 Å². The van der Waals surface area contributed by atoms with E-state index >= 15 is 0 Å². The zero-order chi connectivity index (χ0) is 52.8. The Morgan fingerprint density at radius 1 is 0.644 bits per heavy atom. The van der Waals surface area contributed by atoms with E-state index in [0.717, 1.165) is 32.1 Å². The van der Waals surface area contributed by atoms with Crippen molar-refractivity contribution in [3.8, 4) is 0 Å². The van der Waals surface area contributed by atoms with E-state index in [1.807, 2.05) is 6.92 Å². The molecule has 9 aliphatic rings. The molecule has 420 valence electrons. The second-order valence-electron chi connectivity index (χ2n) is 23.8. The number of allylic oxidation sites excluding steroid dienone is 1. The molecule has 0 radical (unpaired) electrons. The van der Waals surface area contributed by atoms with Crippen molar-refractivity contribution in [3.63, 3.8) is 0 Å². The Kier molecular flexibility index (Phi) is 16.9. The van der Waals surface area contributed by atoms with Crippen LogP contribution in [0.3, 0.4) is 0 Å². The molecule has 9 rings (SSSR count). The Bertz CT molecular complexity index is 1900. The summed E-state index contributed by atoms with van der Waals surface area (Å²) >= 11 is 0. The predicted octanol–water partition coefficient (Wildman–Crippen LogP) is -1.98. The quantitative estimate of drug-likeness (QED) is 0.0839. The Hall–Kier alpha value is -1.14. The summed E-state index contributed by atoms with van der Waals surface area (Å²) in [6.07, 6.45) is -20.7. The fourth-order valence-electron chi connectivity index (χ4n) is 14.9. The topological polar surface area (TPSA) is 346 Å². The van der Waals surface area contributed by atoms with Crippen molar-refractivity contribution in [3.05, 3.63) is 11.6 Å². The highest BCUT2D eigenvalue weighted by atomic mass is 16.8. The molecular weight excluding hydrogens is 965 g/mol. The molecule has 5 saturated heterocycles. The van der Waals surface area contributed by atoms with Gasteiger partial charge in [0.25, 0.3) is 0 Å². The average molecular weight is 1050 g/mol. The number of rotatable bonds is 14. The second kappa shape index (κ2) is 21.8. The van der Waals surface area contributed by atoms with Crippen LogP contribution in [0.4, 0.5) is 0 Å². The van der Waals surface area contributed by atoms with Crippen molar-refractivity contribution in [1.82, 2.24) is 0 Å². The van der Waals surface area contributed by atoms with Gasteiger partial charge in [0.2, 0.25) is 0 Å². The minimum absolute atomic E-state index is 0.0640. The third-order valence-corrected chi connectivity index (χ3v) is 19.5. The summed E-state index contributed by atoms with van der Waals surface area (Å²) in [7, 11) is 0. The molecule has 0 spiro atoms. The first-order valence-electron chi connectivity index (χ1n) is 26.8. The standard InChI is InChI=1S/C51H84O22/c1-20(19-65-45-40(61)39(60)35(56)30(17-52)69-45)9-14-51(64)21(2)32-29(73-51)16-28-26-8-7-24-15-25(10-12-49(24,5)27(26)11-13-50(28,32)6)68-48-44(72-47-42(63)38(59)34(55)23(4)67-47)43(36(57)31(18-53)70-48)71-46-41(62)37(58)33(54)22(3)66-46/h7,20-23,25-48,52-64H,8-19H2,1-6H3/t20-,21-,22-,23-,25-,26+,27-,28-,29-,30+,31+,32-,33-,34-,35+,36+,37+,38+,39-,40+,41+,42+,43-,44+,45+,46-,47-,48+,49-,50-,51+/m0/s1. The molecule has 8 fully saturated rings. The maximum absolute atomic E-state index is 12.1. The summed E-state index contributed by atoms with van der Waals surface area (Å²) in [6.45, 7) is 10.7. The van der Waals surface area contributed by atoms with Crippen LogP contribution in [0.2, 0.25) is 0 Å². The van der Waals surface area contributed by atoms with Crippen molar-refractivity contribution >= 4 is 0 Å². The number of hydrogen-bond acceptors (Lipinski definition) is 22. The summed E-state index contributed by atoms with van der Waals surface area (Å²) in [4.78, 5) is 0. The van der Waals surface area contributed by atoms with E-state index in [0.29, 0.717) is 43.4 Å². The molecule has 31 atom stereocenters. The van der Waals surface area contributed by atoms with Crippen LogP contribution >= 0.6 is 0 Å². The highest BCUT2D eigenvalue weighted by Crippen LogP contribution is 2.70. The van der Waals surface area contributed by atoms with Crippen LogP contribution in [0.25, 0.3) is 0 Å². The lowest BCUT2D eigenvalue weighted by Crippen LogP contribution is -2.67. The van der Waals surface area contributed by atoms with E-state index in [1.54, 1.807) is 0 Å². The maximum atomic E-state index is 12.1. The summed E-state index contributed by atoms with van der Waals surface area (Å²) in [6, 6.07) is 0. The van der Waals surface area contributed by atoms with Gasteiger partial charge >= 0.3 is 0 Å². The zero-order valence-corrected chi connectivity index (χ0v) is 42.7. The van der Waals surface area contributed by atoms with E-state index < -0.39 is 148 Å². The van der Waals surface area contributed by atoms with Crippen LogP contribution in [0.5, 0.6) is 0 Å². The van der Waals surface area contributed by atoms with E-state index in [-0.39, 0.29) is 41.3 Å². The molecule has 73 heavy (non-hydrogen) atoms. The number of aliphatic hydroxyl groups is 13. The van der Waals surface area contributed by atoms with Gasteiger partial charge < -0.3 is 109 Å². The van der Waals surface area contributed by atoms with Crippen molar-refractivity contribution in [2.45, 2.75) is 240 Å². The molecule has 4 aliphatic carbocycles. The molecule has 5 heterocycles. The molecule has 0 aromatic rings. The molecule has 0 aromatic carbocycles. The van der Waals surface area contributed by atoms with Gasteiger partial charge in [0, 0.05) is 12.3 Å². The fourth-order valence-corrected chi connectivity index (χ4v) is 14.9. The van der Waals surface area contributed by atoms with E-state index in [2.05, 4.69) is 26.8 Å². The molecule has 0 amide bonds. The SMILES string of the molecule is C[C@@H](CC[C@@]1(O)O[C@H]2C[C@H]3[C@@H]4CC=C5C[C@@H](O[C@@H]6O[C@H](CO)[C@@H](O)[C@H](O[C@@H]7O[C@@H](C)[C@H](O)[C@@H](O)[C@H]7O)[C@H]6O[C@@H]6O[C@@H](C)[C@H](O)[C@@H](O)[C@H]6O)CC[C@]5(C)[C@H]4CC[C@]3(C)[C@H]2[C@@H]1C)CO[C@@H]1O[C@H](CO)[C@@H](O)[C@H](O)[C@H]1O. The summed E-state index contributed by atoms with van der Waals surface area (Å²) in [5.41, 5.74) is 1.05. The van der Waals surface area contributed by atoms with E-state index in [9.17, 15) is 66.4 Å². The molecule has 0 unspecified atom stereocenters. The van der Waals surface area contributed by atoms with E-state index in [4.69, 9.17) is 42.6 Å². The van der Waals surface area contributed by atoms with Gasteiger partial charge in [0.15, 0.2) is 30.9 Å². The van der Waals surface area contributed by atoms with Crippen molar-refractivity contribution in [1.29, 1.82) is 0 Å². The second-order valence-corrected chi connectivity index (χ2v) is 23.8. The first kappa shape index (κ1) is 56.6. The van der Waals surface area contributed by atoms with Gasteiger partial charge in [-0.25, -0.2) is 0 Å². The third kappa shape index (κ3) is 10.2. The number of hydrogen-bond donors (Lipinski definition) is 13. The van der Waals surface area contributed by atoms with Crippen molar-refractivity contribution in [2.75, 3.05) is 19.8 Å². The molecule has 5 aliphatic heterocycles. The predicted molar refractivity (Wildman–Crippen MR) is 249 cm³/mol. The van der Waals surface area contributed by atoms with Gasteiger partial charge in [0.1, 0.15) is 85.5 Å². The summed E-state index contributed by atoms with van der Waals surface area (Å²) in [5, 5.41) is 139. The van der Waals surface area contributed by atoms with Crippen LogP contribution in [0.15, 0.2) is 11.6 Å². The molecule has 22 nitrogen and oxygen atoms in total. The normalized spacial score (nSPS) is 55.5. The van der Waals surface area contributed by atoms with Gasteiger partial charge in [-0.2, -0.15) is 0 Å². The van der Waals surface area contributed by atoms with Gasteiger partial charge in [-0.05, 0) is 106 Å². The summed E-state index contributed by atoms with van der Waals surface area (Å²) < 4.78 is 55.0.